The molecule has 0 aliphatic rings. The van der Waals surface area contributed by atoms with Gasteiger partial charge in [-0.2, -0.15) is 5.10 Å². The normalized spacial score (nSPS) is 10.4. The van der Waals surface area contributed by atoms with Crippen molar-refractivity contribution in [3.63, 3.8) is 0 Å². The Labute approximate surface area is 119 Å². The van der Waals surface area contributed by atoms with E-state index in [0.717, 1.165) is 15.9 Å². The second-order valence-corrected chi connectivity index (χ2v) is 4.84. The molecule has 0 bridgehead atoms. The van der Waals surface area contributed by atoms with Crippen LogP contribution in [0.15, 0.2) is 71.5 Å². The van der Waals surface area contributed by atoms with Gasteiger partial charge in [0.05, 0.1) is 18.1 Å². The lowest BCUT2D eigenvalue weighted by Crippen LogP contribution is -1.94. The maximum atomic E-state index is 5.72. The third-order valence-electron chi connectivity index (χ3n) is 2.64. The molecule has 0 saturated heterocycles. The zero-order valence-corrected chi connectivity index (χ0v) is 11.6. The lowest BCUT2D eigenvalue weighted by Gasteiger charge is -2.03. The summed E-state index contributed by atoms with van der Waals surface area (Å²) in [6.07, 6.45) is 3.56. The highest BCUT2D eigenvalue weighted by Crippen LogP contribution is 2.24. The largest absolute Gasteiger partial charge is 0.454 e. The van der Waals surface area contributed by atoms with E-state index in [1.54, 1.807) is 10.9 Å². The molecule has 0 amide bonds. The second kappa shape index (κ2) is 5.28. The molecule has 0 radical (unpaired) electrons. The minimum absolute atomic E-state index is 0.710. The summed E-state index contributed by atoms with van der Waals surface area (Å²) in [4.78, 5) is 0. The Morgan fingerprint density at radius 1 is 0.895 bits per heavy atom. The molecule has 0 spiro atoms. The number of benzene rings is 2. The van der Waals surface area contributed by atoms with Gasteiger partial charge in [-0.25, -0.2) is 4.68 Å². The molecule has 3 aromatic rings. The second-order valence-electron chi connectivity index (χ2n) is 3.99. The zero-order chi connectivity index (χ0) is 13.1. The van der Waals surface area contributed by atoms with E-state index in [9.17, 15) is 0 Å². The van der Waals surface area contributed by atoms with Crippen molar-refractivity contribution in [1.29, 1.82) is 0 Å². The first-order valence-electron chi connectivity index (χ1n) is 5.85. The summed E-state index contributed by atoms with van der Waals surface area (Å²) >= 11 is 3.51. The molecule has 0 aliphatic carbocycles. The molecule has 1 aromatic heterocycles. The van der Waals surface area contributed by atoms with Crippen LogP contribution in [0.3, 0.4) is 0 Å². The van der Waals surface area contributed by atoms with Gasteiger partial charge in [0.25, 0.3) is 0 Å². The number of rotatable bonds is 3. The molecule has 0 saturated carbocycles. The Kier molecular flexibility index (Phi) is 3.33. The van der Waals surface area contributed by atoms with Gasteiger partial charge in [0.2, 0.25) is 0 Å². The van der Waals surface area contributed by atoms with Gasteiger partial charge in [0.15, 0.2) is 5.75 Å². The topological polar surface area (TPSA) is 27.1 Å². The van der Waals surface area contributed by atoms with E-state index in [1.807, 2.05) is 60.8 Å². The summed E-state index contributed by atoms with van der Waals surface area (Å²) in [6.45, 7) is 0. The molecule has 0 fully saturated rings. The number of para-hydroxylation sites is 2. The van der Waals surface area contributed by atoms with Crippen molar-refractivity contribution < 1.29 is 4.74 Å². The molecule has 1 heterocycles. The number of aromatic nitrogens is 2. The maximum Gasteiger partial charge on any atom is 0.165 e. The summed E-state index contributed by atoms with van der Waals surface area (Å²) < 4.78 is 8.49. The predicted octanol–water partition coefficient (Wildman–Crippen LogP) is 4.43. The molecule has 0 atom stereocenters. The Morgan fingerprint density at radius 3 is 2.42 bits per heavy atom. The van der Waals surface area contributed by atoms with Crippen molar-refractivity contribution in [3.8, 4) is 17.2 Å². The molecular weight excluding hydrogens is 304 g/mol. The highest BCUT2D eigenvalue weighted by atomic mass is 79.9. The summed E-state index contributed by atoms with van der Waals surface area (Å²) in [6, 6.07) is 17.6. The molecule has 0 unspecified atom stereocenters. The van der Waals surface area contributed by atoms with Crippen LogP contribution in [0.2, 0.25) is 0 Å². The van der Waals surface area contributed by atoms with Crippen LogP contribution in [0.5, 0.6) is 11.5 Å². The Hall–Kier alpha value is -2.07. The molecule has 19 heavy (non-hydrogen) atoms. The number of halogens is 1. The molecule has 0 N–H and O–H groups in total. The van der Waals surface area contributed by atoms with Crippen LogP contribution >= 0.6 is 15.9 Å². The number of nitrogens with zero attached hydrogens (tertiary/aromatic N) is 2. The molecule has 3 nitrogen and oxygen atoms in total. The van der Waals surface area contributed by atoms with Crippen LogP contribution in [-0.4, -0.2) is 9.78 Å². The SMILES string of the molecule is Brc1ccccc1-n1cc(Oc2ccccc2)cn1. The first-order chi connectivity index (χ1) is 9.33. The molecule has 94 valence electrons. The van der Waals surface area contributed by atoms with Crippen LogP contribution in [0.4, 0.5) is 0 Å². The average Bonchev–Trinajstić information content (AvgIpc) is 2.89. The van der Waals surface area contributed by atoms with Gasteiger partial charge in [0.1, 0.15) is 5.75 Å². The van der Waals surface area contributed by atoms with Crippen molar-refractivity contribution in [1.82, 2.24) is 9.78 Å². The van der Waals surface area contributed by atoms with Crippen LogP contribution in [-0.2, 0) is 0 Å². The molecule has 2 aromatic carbocycles. The van der Waals surface area contributed by atoms with Crippen molar-refractivity contribution in [3.05, 3.63) is 71.5 Å². The summed E-state index contributed by atoms with van der Waals surface area (Å²) in [5.41, 5.74) is 0.977. The van der Waals surface area contributed by atoms with Gasteiger partial charge >= 0.3 is 0 Å². The van der Waals surface area contributed by atoms with Gasteiger partial charge < -0.3 is 4.74 Å². The van der Waals surface area contributed by atoms with Crippen molar-refractivity contribution in [2.45, 2.75) is 0 Å². The summed E-state index contributed by atoms with van der Waals surface area (Å²) in [5.74, 6) is 1.51. The number of hydrogen-bond donors (Lipinski definition) is 0. The van der Waals surface area contributed by atoms with Gasteiger partial charge in [-0.3, -0.25) is 0 Å². The first-order valence-corrected chi connectivity index (χ1v) is 6.65. The highest BCUT2D eigenvalue weighted by Gasteiger charge is 2.05. The highest BCUT2D eigenvalue weighted by molar-refractivity contribution is 9.10. The summed E-state index contributed by atoms with van der Waals surface area (Å²) in [7, 11) is 0. The van der Waals surface area contributed by atoms with E-state index in [1.165, 1.54) is 0 Å². The quantitative estimate of drug-likeness (QED) is 0.715. The molecule has 0 aliphatic heterocycles. The fourth-order valence-corrected chi connectivity index (χ4v) is 2.22. The molecule has 4 heteroatoms. The molecule has 3 rings (SSSR count). The lowest BCUT2D eigenvalue weighted by atomic mass is 10.3. The van der Waals surface area contributed by atoms with Gasteiger partial charge in [-0.05, 0) is 40.2 Å². The zero-order valence-electron chi connectivity index (χ0n) is 10.0. The monoisotopic (exact) mass is 314 g/mol. The summed E-state index contributed by atoms with van der Waals surface area (Å²) in [5, 5.41) is 4.31. The molecular formula is C15H11BrN2O. The first kappa shape index (κ1) is 12.0. The van der Waals surface area contributed by atoms with E-state index in [0.29, 0.717) is 5.75 Å². The fraction of sp³-hybridized carbons (Fsp3) is 0. The Balaban J connectivity index is 1.86. The van der Waals surface area contributed by atoms with Crippen molar-refractivity contribution in [2.24, 2.45) is 0 Å². The van der Waals surface area contributed by atoms with Crippen LogP contribution < -0.4 is 4.74 Å². The fourth-order valence-electron chi connectivity index (χ4n) is 1.75. The van der Waals surface area contributed by atoms with Crippen LogP contribution in [0.25, 0.3) is 5.69 Å². The van der Waals surface area contributed by atoms with E-state index in [4.69, 9.17) is 4.74 Å². The minimum Gasteiger partial charge on any atom is -0.454 e. The van der Waals surface area contributed by atoms with Gasteiger partial charge in [0, 0.05) is 4.47 Å². The van der Waals surface area contributed by atoms with E-state index >= 15 is 0 Å². The van der Waals surface area contributed by atoms with Crippen LogP contribution in [0.1, 0.15) is 0 Å². The van der Waals surface area contributed by atoms with Gasteiger partial charge in [-0.15, -0.1) is 0 Å². The third kappa shape index (κ3) is 2.69. The third-order valence-corrected chi connectivity index (χ3v) is 3.31. The van der Waals surface area contributed by atoms with Gasteiger partial charge in [-0.1, -0.05) is 30.3 Å². The average molecular weight is 315 g/mol. The van der Waals surface area contributed by atoms with E-state index < -0.39 is 0 Å². The standard InChI is InChI=1S/C15H11BrN2O/c16-14-8-4-5-9-15(14)18-11-13(10-17-18)19-12-6-2-1-3-7-12/h1-11H. The number of hydrogen-bond acceptors (Lipinski definition) is 2. The van der Waals surface area contributed by atoms with E-state index in [-0.39, 0.29) is 0 Å². The smallest absolute Gasteiger partial charge is 0.165 e. The lowest BCUT2D eigenvalue weighted by molar-refractivity contribution is 0.482. The van der Waals surface area contributed by atoms with Crippen LogP contribution in [0, 0.1) is 0 Å². The minimum atomic E-state index is 0.710. The van der Waals surface area contributed by atoms with E-state index in [2.05, 4.69) is 21.0 Å². The van der Waals surface area contributed by atoms with Crippen molar-refractivity contribution >= 4 is 15.9 Å². The predicted molar refractivity (Wildman–Crippen MR) is 77.8 cm³/mol. The maximum absolute atomic E-state index is 5.72. The number of ether oxygens (including phenoxy) is 1. The Morgan fingerprint density at radius 2 is 1.63 bits per heavy atom. The van der Waals surface area contributed by atoms with Crippen molar-refractivity contribution in [2.75, 3.05) is 0 Å². The Bertz CT molecular complexity index is 679.